The van der Waals surface area contributed by atoms with Crippen LogP contribution in [0.5, 0.6) is 0 Å². The Morgan fingerprint density at radius 1 is 1.44 bits per heavy atom. The van der Waals surface area contributed by atoms with Gasteiger partial charge in [-0.05, 0) is 44.0 Å². The quantitative estimate of drug-likeness (QED) is 0.844. The first kappa shape index (κ1) is 15.0. The highest BCUT2D eigenvalue weighted by molar-refractivity contribution is 9.10. The fourth-order valence-electron chi connectivity index (χ4n) is 1.83. The lowest BCUT2D eigenvalue weighted by atomic mass is 10.2. The van der Waals surface area contributed by atoms with Gasteiger partial charge in [0.15, 0.2) is 0 Å². The number of amides is 1. The van der Waals surface area contributed by atoms with E-state index in [1.807, 2.05) is 32.0 Å². The number of hydrogen-bond donors (Lipinski definition) is 2. The fourth-order valence-corrected chi connectivity index (χ4v) is 2.31. The van der Waals surface area contributed by atoms with Gasteiger partial charge in [-0.2, -0.15) is 0 Å². The van der Waals surface area contributed by atoms with Crippen LogP contribution in [0, 0.1) is 6.92 Å². The van der Waals surface area contributed by atoms with Gasteiger partial charge in [0.2, 0.25) is 5.91 Å². The van der Waals surface area contributed by atoms with Gasteiger partial charge in [0.25, 0.3) is 0 Å². The van der Waals surface area contributed by atoms with Gasteiger partial charge in [-0.3, -0.25) is 4.79 Å². The SMILES string of the molecule is CCCC(C)NC(=O)CNc1ccc(Br)cc1C. The van der Waals surface area contributed by atoms with Crippen LogP contribution in [0.2, 0.25) is 0 Å². The molecule has 1 rings (SSSR count). The van der Waals surface area contributed by atoms with E-state index in [9.17, 15) is 4.79 Å². The normalized spacial score (nSPS) is 12.0. The van der Waals surface area contributed by atoms with Crippen molar-refractivity contribution < 1.29 is 4.79 Å². The minimum atomic E-state index is 0.0401. The molecule has 1 unspecified atom stereocenters. The lowest BCUT2D eigenvalue weighted by Gasteiger charge is -2.14. The molecule has 1 aromatic carbocycles. The monoisotopic (exact) mass is 312 g/mol. The molecule has 2 N–H and O–H groups in total. The van der Waals surface area contributed by atoms with Crippen LogP contribution in [0.3, 0.4) is 0 Å². The first-order valence-corrected chi connectivity index (χ1v) is 7.11. The Hall–Kier alpha value is -1.03. The summed E-state index contributed by atoms with van der Waals surface area (Å²) in [6.07, 6.45) is 2.10. The number of nitrogens with one attached hydrogen (secondary N) is 2. The van der Waals surface area contributed by atoms with Gasteiger partial charge in [0.1, 0.15) is 0 Å². The second-order valence-corrected chi connectivity index (χ2v) is 5.49. The van der Waals surface area contributed by atoms with Crippen molar-refractivity contribution in [3.63, 3.8) is 0 Å². The predicted molar refractivity (Wildman–Crippen MR) is 79.9 cm³/mol. The second kappa shape index (κ2) is 7.41. The van der Waals surface area contributed by atoms with Crippen LogP contribution in [-0.2, 0) is 4.79 Å². The summed E-state index contributed by atoms with van der Waals surface area (Å²) in [4.78, 5) is 11.7. The Kier molecular flexibility index (Phi) is 6.19. The van der Waals surface area contributed by atoms with Crippen LogP contribution in [-0.4, -0.2) is 18.5 Å². The van der Waals surface area contributed by atoms with E-state index in [0.29, 0.717) is 6.54 Å². The summed E-state index contributed by atoms with van der Waals surface area (Å²) < 4.78 is 1.05. The summed E-state index contributed by atoms with van der Waals surface area (Å²) in [5, 5.41) is 6.13. The van der Waals surface area contributed by atoms with E-state index in [1.54, 1.807) is 0 Å². The smallest absolute Gasteiger partial charge is 0.239 e. The molecule has 0 aromatic heterocycles. The van der Waals surface area contributed by atoms with E-state index < -0.39 is 0 Å². The average molecular weight is 313 g/mol. The van der Waals surface area contributed by atoms with Crippen LogP contribution in [0.25, 0.3) is 0 Å². The van der Waals surface area contributed by atoms with Gasteiger partial charge in [0.05, 0.1) is 6.54 Å². The molecule has 0 aliphatic carbocycles. The van der Waals surface area contributed by atoms with Gasteiger partial charge >= 0.3 is 0 Å². The summed E-state index contributed by atoms with van der Waals surface area (Å²) in [5.41, 5.74) is 2.12. The number of carbonyl (C=O) groups is 1. The first-order chi connectivity index (χ1) is 8.52. The molecule has 4 heteroatoms. The Morgan fingerprint density at radius 2 is 2.17 bits per heavy atom. The number of rotatable bonds is 6. The molecule has 1 aromatic rings. The summed E-state index contributed by atoms with van der Waals surface area (Å²) in [6.45, 7) is 6.49. The van der Waals surface area contributed by atoms with E-state index in [-0.39, 0.29) is 11.9 Å². The summed E-state index contributed by atoms with van der Waals surface area (Å²) in [5.74, 6) is 0.0401. The molecule has 0 aliphatic heterocycles. The Morgan fingerprint density at radius 3 is 2.78 bits per heavy atom. The Labute approximate surface area is 117 Å². The van der Waals surface area contributed by atoms with Crippen LogP contribution in [0.4, 0.5) is 5.69 Å². The molecule has 0 saturated heterocycles. The molecule has 1 amide bonds. The van der Waals surface area contributed by atoms with Crippen molar-refractivity contribution in [1.82, 2.24) is 5.32 Å². The maximum atomic E-state index is 11.7. The zero-order chi connectivity index (χ0) is 13.5. The standard InChI is InChI=1S/C14H21BrN2O/c1-4-5-11(3)17-14(18)9-16-13-7-6-12(15)8-10(13)2/h6-8,11,16H,4-5,9H2,1-3H3,(H,17,18). The summed E-state index contributed by atoms with van der Waals surface area (Å²) in [7, 11) is 0. The molecule has 1 atom stereocenters. The topological polar surface area (TPSA) is 41.1 Å². The van der Waals surface area contributed by atoms with Crippen molar-refractivity contribution in [1.29, 1.82) is 0 Å². The molecule has 18 heavy (non-hydrogen) atoms. The number of anilines is 1. The highest BCUT2D eigenvalue weighted by Crippen LogP contribution is 2.19. The van der Waals surface area contributed by atoms with Crippen molar-refractivity contribution in [2.24, 2.45) is 0 Å². The van der Waals surface area contributed by atoms with Gasteiger partial charge in [0, 0.05) is 16.2 Å². The molecule has 0 spiro atoms. The van der Waals surface area contributed by atoms with E-state index in [1.165, 1.54) is 0 Å². The van der Waals surface area contributed by atoms with Crippen molar-refractivity contribution in [2.45, 2.75) is 39.7 Å². The zero-order valence-electron chi connectivity index (χ0n) is 11.2. The van der Waals surface area contributed by atoms with Crippen LogP contribution in [0.1, 0.15) is 32.3 Å². The molecule has 0 radical (unpaired) electrons. The van der Waals surface area contributed by atoms with Crippen molar-refractivity contribution in [2.75, 3.05) is 11.9 Å². The largest absolute Gasteiger partial charge is 0.376 e. The molecular weight excluding hydrogens is 292 g/mol. The average Bonchev–Trinajstić information content (AvgIpc) is 2.28. The Bertz CT molecular complexity index is 407. The number of hydrogen-bond acceptors (Lipinski definition) is 2. The molecule has 100 valence electrons. The molecule has 0 fully saturated rings. The Balaban J connectivity index is 2.42. The molecule has 0 heterocycles. The van der Waals surface area contributed by atoms with Crippen LogP contribution in [0.15, 0.2) is 22.7 Å². The minimum absolute atomic E-state index is 0.0401. The third kappa shape index (κ3) is 5.08. The lowest BCUT2D eigenvalue weighted by molar-refractivity contribution is -0.120. The van der Waals surface area contributed by atoms with E-state index in [2.05, 4.69) is 33.5 Å². The van der Waals surface area contributed by atoms with Gasteiger partial charge < -0.3 is 10.6 Å². The molecular formula is C14H21BrN2O. The highest BCUT2D eigenvalue weighted by Gasteiger charge is 2.06. The molecule has 3 nitrogen and oxygen atoms in total. The van der Waals surface area contributed by atoms with E-state index in [0.717, 1.165) is 28.6 Å². The van der Waals surface area contributed by atoms with Crippen LogP contribution >= 0.6 is 15.9 Å². The predicted octanol–water partition coefficient (Wildman–Crippen LogP) is 3.47. The third-order valence-electron chi connectivity index (χ3n) is 2.76. The number of halogens is 1. The maximum Gasteiger partial charge on any atom is 0.239 e. The number of aryl methyl sites for hydroxylation is 1. The zero-order valence-corrected chi connectivity index (χ0v) is 12.8. The molecule has 0 saturated carbocycles. The third-order valence-corrected chi connectivity index (χ3v) is 3.25. The first-order valence-electron chi connectivity index (χ1n) is 6.32. The van der Waals surface area contributed by atoms with Gasteiger partial charge in [-0.1, -0.05) is 29.3 Å². The number of benzene rings is 1. The van der Waals surface area contributed by atoms with Gasteiger partial charge in [-0.25, -0.2) is 0 Å². The fraction of sp³-hybridized carbons (Fsp3) is 0.500. The molecule has 0 bridgehead atoms. The number of carbonyl (C=O) groups excluding carboxylic acids is 1. The van der Waals surface area contributed by atoms with Gasteiger partial charge in [-0.15, -0.1) is 0 Å². The van der Waals surface area contributed by atoms with Crippen molar-refractivity contribution in [3.8, 4) is 0 Å². The lowest BCUT2D eigenvalue weighted by Crippen LogP contribution is -2.36. The minimum Gasteiger partial charge on any atom is -0.376 e. The van der Waals surface area contributed by atoms with E-state index in [4.69, 9.17) is 0 Å². The van der Waals surface area contributed by atoms with Crippen molar-refractivity contribution >= 4 is 27.5 Å². The van der Waals surface area contributed by atoms with E-state index >= 15 is 0 Å². The summed E-state index contributed by atoms with van der Waals surface area (Å²) in [6, 6.07) is 6.21. The summed E-state index contributed by atoms with van der Waals surface area (Å²) >= 11 is 3.42. The van der Waals surface area contributed by atoms with Crippen molar-refractivity contribution in [3.05, 3.63) is 28.2 Å². The maximum absolute atomic E-state index is 11.7. The molecule has 0 aliphatic rings. The van der Waals surface area contributed by atoms with Crippen LogP contribution < -0.4 is 10.6 Å². The highest BCUT2D eigenvalue weighted by atomic mass is 79.9. The second-order valence-electron chi connectivity index (χ2n) is 4.57.